The number of rotatable bonds is 3. The molecular formula is C8H10F3NO3. The fraction of sp³-hybridized carbons (Fsp3) is 0.750. The van der Waals surface area contributed by atoms with Crippen molar-refractivity contribution in [2.24, 2.45) is 5.92 Å². The first-order chi connectivity index (χ1) is 6.68. The normalized spacial score (nSPS) is 20.5. The van der Waals surface area contributed by atoms with Crippen molar-refractivity contribution >= 4 is 11.9 Å². The lowest BCUT2D eigenvalue weighted by atomic mass is 10.0. The highest BCUT2D eigenvalue weighted by Gasteiger charge is 2.59. The molecule has 0 aromatic rings. The van der Waals surface area contributed by atoms with Crippen molar-refractivity contribution in [1.82, 2.24) is 5.32 Å². The topological polar surface area (TPSA) is 66.4 Å². The maximum absolute atomic E-state index is 12.4. The van der Waals surface area contributed by atoms with E-state index in [1.807, 2.05) is 0 Å². The number of alkyl halides is 3. The zero-order valence-corrected chi connectivity index (χ0v) is 7.89. The first-order valence-corrected chi connectivity index (χ1v) is 4.30. The van der Waals surface area contributed by atoms with Crippen LogP contribution in [0.15, 0.2) is 0 Å². The van der Waals surface area contributed by atoms with E-state index in [1.165, 1.54) is 5.32 Å². The number of hydrogen-bond acceptors (Lipinski definition) is 2. The fourth-order valence-corrected chi connectivity index (χ4v) is 0.940. The van der Waals surface area contributed by atoms with Gasteiger partial charge in [0, 0.05) is 5.92 Å². The monoisotopic (exact) mass is 225 g/mol. The Morgan fingerprint density at radius 2 is 1.80 bits per heavy atom. The molecule has 0 heterocycles. The molecule has 0 bridgehead atoms. The van der Waals surface area contributed by atoms with E-state index in [0.717, 1.165) is 0 Å². The van der Waals surface area contributed by atoms with Crippen molar-refractivity contribution < 1.29 is 27.9 Å². The number of halogens is 3. The second kappa shape index (κ2) is 3.39. The van der Waals surface area contributed by atoms with Gasteiger partial charge in [-0.15, -0.1) is 0 Å². The van der Waals surface area contributed by atoms with E-state index in [-0.39, 0.29) is 0 Å². The van der Waals surface area contributed by atoms with Crippen LogP contribution < -0.4 is 5.32 Å². The first-order valence-electron chi connectivity index (χ1n) is 4.30. The van der Waals surface area contributed by atoms with Crippen LogP contribution >= 0.6 is 0 Å². The third-order valence-corrected chi connectivity index (χ3v) is 2.32. The Morgan fingerprint density at radius 1 is 1.33 bits per heavy atom. The van der Waals surface area contributed by atoms with E-state index in [2.05, 4.69) is 0 Å². The van der Waals surface area contributed by atoms with E-state index < -0.39 is 29.5 Å². The summed E-state index contributed by atoms with van der Waals surface area (Å²) in [5, 5.41) is 10.0. The molecule has 0 aromatic heterocycles. The minimum atomic E-state index is -5.01. The summed E-state index contributed by atoms with van der Waals surface area (Å²) in [6.07, 6.45) is -3.98. The van der Waals surface area contributed by atoms with Crippen molar-refractivity contribution in [3.05, 3.63) is 0 Å². The van der Waals surface area contributed by atoms with E-state index in [1.54, 1.807) is 0 Å². The lowest BCUT2D eigenvalue weighted by Crippen LogP contribution is -2.62. The Bertz CT molecular complexity index is 298. The fourth-order valence-electron chi connectivity index (χ4n) is 0.940. The molecule has 1 fully saturated rings. The van der Waals surface area contributed by atoms with Crippen molar-refractivity contribution in [3.8, 4) is 0 Å². The summed E-state index contributed by atoms with van der Waals surface area (Å²) >= 11 is 0. The van der Waals surface area contributed by atoms with Gasteiger partial charge in [0.1, 0.15) is 0 Å². The number of carboxylic acids is 1. The van der Waals surface area contributed by atoms with Crippen LogP contribution in [0.4, 0.5) is 13.2 Å². The Balaban J connectivity index is 2.81. The Labute approximate surface area is 83.5 Å². The quantitative estimate of drug-likeness (QED) is 0.750. The van der Waals surface area contributed by atoms with Crippen molar-refractivity contribution in [2.75, 3.05) is 0 Å². The predicted molar refractivity (Wildman–Crippen MR) is 43.0 cm³/mol. The molecule has 4 nitrogen and oxygen atoms in total. The number of hydrogen-bond donors (Lipinski definition) is 2. The van der Waals surface area contributed by atoms with Crippen LogP contribution in [0.2, 0.25) is 0 Å². The van der Waals surface area contributed by atoms with Crippen LogP contribution in [0.3, 0.4) is 0 Å². The number of nitrogens with one attached hydrogen (secondary N) is 1. The molecule has 7 heteroatoms. The number of carbonyl (C=O) groups is 2. The van der Waals surface area contributed by atoms with Crippen LogP contribution in [-0.4, -0.2) is 28.7 Å². The molecule has 15 heavy (non-hydrogen) atoms. The number of amides is 1. The summed E-state index contributed by atoms with van der Waals surface area (Å²) in [6, 6.07) is 0. The zero-order valence-electron chi connectivity index (χ0n) is 7.89. The number of carbonyl (C=O) groups excluding carboxylic acids is 1. The van der Waals surface area contributed by atoms with Crippen LogP contribution in [0.25, 0.3) is 0 Å². The van der Waals surface area contributed by atoms with Gasteiger partial charge >= 0.3 is 12.1 Å². The molecular weight excluding hydrogens is 215 g/mol. The summed E-state index contributed by atoms with van der Waals surface area (Å²) < 4.78 is 37.2. The maximum Gasteiger partial charge on any atom is 0.422 e. The highest BCUT2D eigenvalue weighted by molar-refractivity contribution is 5.89. The van der Waals surface area contributed by atoms with Gasteiger partial charge in [-0.1, -0.05) is 0 Å². The summed E-state index contributed by atoms with van der Waals surface area (Å²) in [5.74, 6) is -3.42. The van der Waals surface area contributed by atoms with Gasteiger partial charge in [0.2, 0.25) is 11.4 Å². The van der Waals surface area contributed by atoms with Gasteiger partial charge in [0.15, 0.2) is 0 Å². The standard InChI is InChI=1S/C8H10F3NO3/c1-7(6(14)15,8(9,10)11)12-5(13)4-2-3-4/h4H,2-3H2,1H3,(H,12,13)(H,14,15). The SMILES string of the molecule is CC(NC(=O)C1CC1)(C(=O)O)C(F)(F)F. The van der Waals surface area contributed by atoms with Crippen molar-refractivity contribution in [1.29, 1.82) is 0 Å². The lowest BCUT2D eigenvalue weighted by molar-refractivity contribution is -0.207. The Hall–Kier alpha value is -1.27. The predicted octanol–water partition coefficient (Wildman–Crippen LogP) is 0.918. The van der Waals surface area contributed by atoms with Crippen LogP contribution in [0.5, 0.6) is 0 Å². The minimum Gasteiger partial charge on any atom is -0.479 e. The second-order valence-corrected chi connectivity index (χ2v) is 3.69. The second-order valence-electron chi connectivity index (χ2n) is 3.69. The van der Waals surface area contributed by atoms with Gasteiger partial charge in [0.25, 0.3) is 0 Å². The maximum atomic E-state index is 12.4. The van der Waals surface area contributed by atoms with Gasteiger partial charge < -0.3 is 10.4 Å². The Kier molecular flexibility index (Phi) is 2.67. The molecule has 1 saturated carbocycles. The van der Waals surface area contributed by atoms with Gasteiger partial charge in [-0.25, -0.2) is 4.79 Å². The van der Waals surface area contributed by atoms with Crippen LogP contribution in [0, 0.1) is 5.92 Å². The molecule has 0 aliphatic heterocycles. The summed E-state index contributed by atoms with van der Waals surface area (Å²) in [4.78, 5) is 21.6. The highest BCUT2D eigenvalue weighted by Crippen LogP contribution is 2.34. The minimum absolute atomic E-state index is 0.440. The molecule has 0 aromatic carbocycles. The van der Waals surface area contributed by atoms with Gasteiger partial charge in [0.05, 0.1) is 0 Å². The van der Waals surface area contributed by atoms with Gasteiger partial charge in [-0.2, -0.15) is 13.2 Å². The van der Waals surface area contributed by atoms with Crippen molar-refractivity contribution in [3.63, 3.8) is 0 Å². The molecule has 1 aliphatic carbocycles. The van der Waals surface area contributed by atoms with E-state index in [4.69, 9.17) is 5.11 Å². The van der Waals surface area contributed by atoms with E-state index >= 15 is 0 Å². The molecule has 1 rings (SSSR count). The molecule has 1 amide bonds. The molecule has 1 aliphatic rings. The largest absolute Gasteiger partial charge is 0.479 e. The third kappa shape index (κ3) is 2.21. The summed E-state index contributed by atoms with van der Waals surface area (Å²) in [6.45, 7) is 0.440. The zero-order chi connectivity index (χ0) is 11.9. The lowest BCUT2D eigenvalue weighted by Gasteiger charge is -2.28. The third-order valence-electron chi connectivity index (χ3n) is 2.32. The van der Waals surface area contributed by atoms with Crippen LogP contribution in [-0.2, 0) is 9.59 Å². The molecule has 1 unspecified atom stereocenters. The summed E-state index contributed by atoms with van der Waals surface area (Å²) in [7, 11) is 0. The van der Waals surface area contributed by atoms with Gasteiger partial charge in [-0.3, -0.25) is 4.79 Å². The molecule has 0 spiro atoms. The van der Waals surface area contributed by atoms with E-state index in [0.29, 0.717) is 19.8 Å². The summed E-state index contributed by atoms with van der Waals surface area (Å²) in [5.41, 5.74) is -3.20. The molecule has 0 saturated heterocycles. The number of aliphatic carboxylic acids is 1. The van der Waals surface area contributed by atoms with E-state index in [9.17, 15) is 22.8 Å². The average molecular weight is 225 g/mol. The molecule has 0 radical (unpaired) electrons. The Morgan fingerprint density at radius 3 is 2.07 bits per heavy atom. The van der Waals surface area contributed by atoms with Crippen molar-refractivity contribution in [2.45, 2.75) is 31.5 Å². The number of carboxylic acid groups (broad SMARTS) is 1. The van der Waals surface area contributed by atoms with Crippen LogP contribution in [0.1, 0.15) is 19.8 Å². The molecule has 2 N–H and O–H groups in total. The molecule has 86 valence electrons. The average Bonchev–Trinajstić information content (AvgIpc) is 2.82. The molecule has 1 atom stereocenters. The van der Waals surface area contributed by atoms with Gasteiger partial charge in [-0.05, 0) is 19.8 Å². The smallest absolute Gasteiger partial charge is 0.422 e. The highest BCUT2D eigenvalue weighted by atomic mass is 19.4. The first kappa shape index (κ1) is 11.8.